The standard InChI is InChI=1S/C28H27FN6O3S2/c1-20-9-6-11-22(17-20)35-27(21-10-7-12-23(18-21)40(37,38)33(2)3)31-32-28(35)39-19-26(36)34(16-8-15-30)25-14-5-4-13-24(25)29/h4-7,9-14,17-18H,8,16,19H2,1-3H3. The summed E-state index contributed by atoms with van der Waals surface area (Å²) in [5.74, 6) is -0.660. The topological polar surface area (TPSA) is 112 Å². The maximum atomic E-state index is 14.5. The van der Waals surface area contributed by atoms with Crippen LogP contribution in [0.25, 0.3) is 17.1 Å². The average Bonchev–Trinajstić information content (AvgIpc) is 3.37. The van der Waals surface area contributed by atoms with Gasteiger partial charge in [0.15, 0.2) is 11.0 Å². The predicted molar refractivity (Wildman–Crippen MR) is 152 cm³/mol. The molecule has 9 nitrogen and oxygen atoms in total. The van der Waals surface area contributed by atoms with E-state index in [2.05, 4.69) is 10.2 Å². The summed E-state index contributed by atoms with van der Waals surface area (Å²) >= 11 is 1.11. The molecule has 0 bridgehead atoms. The lowest BCUT2D eigenvalue weighted by atomic mass is 10.2. The number of nitrogens with zero attached hydrogens (tertiary/aromatic N) is 6. The number of thioether (sulfide) groups is 1. The van der Waals surface area contributed by atoms with E-state index in [9.17, 15) is 17.6 Å². The third-order valence-electron chi connectivity index (χ3n) is 5.98. The van der Waals surface area contributed by atoms with Crippen LogP contribution in [-0.4, -0.2) is 59.8 Å². The van der Waals surface area contributed by atoms with Gasteiger partial charge in [-0.25, -0.2) is 17.1 Å². The first-order valence-electron chi connectivity index (χ1n) is 12.2. The van der Waals surface area contributed by atoms with Crippen molar-refractivity contribution >= 4 is 33.4 Å². The summed E-state index contributed by atoms with van der Waals surface area (Å²) in [4.78, 5) is 14.6. The zero-order chi connectivity index (χ0) is 28.9. The van der Waals surface area contributed by atoms with Gasteiger partial charge < -0.3 is 4.90 Å². The molecule has 0 aliphatic carbocycles. The summed E-state index contributed by atoms with van der Waals surface area (Å²) < 4.78 is 42.9. The first-order chi connectivity index (χ1) is 19.1. The predicted octanol–water partition coefficient (Wildman–Crippen LogP) is 4.67. The fraction of sp³-hybridized carbons (Fsp3) is 0.214. The van der Waals surface area contributed by atoms with E-state index in [0.29, 0.717) is 16.5 Å². The Morgan fingerprint density at radius 1 is 1.05 bits per heavy atom. The average molecular weight is 579 g/mol. The highest BCUT2D eigenvalue weighted by Crippen LogP contribution is 2.30. The zero-order valence-electron chi connectivity index (χ0n) is 22.2. The number of amides is 1. The third-order valence-corrected chi connectivity index (χ3v) is 8.71. The lowest BCUT2D eigenvalue weighted by molar-refractivity contribution is -0.116. The molecular formula is C28H27FN6O3S2. The van der Waals surface area contributed by atoms with Crippen molar-refractivity contribution in [3.05, 3.63) is 84.2 Å². The van der Waals surface area contributed by atoms with Crippen LogP contribution in [0.2, 0.25) is 0 Å². The first-order valence-corrected chi connectivity index (χ1v) is 14.7. The number of aryl methyl sites for hydroxylation is 1. The number of halogens is 1. The highest BCUT2D eigenvalue weighted by molar-refractivity contribution is 7.99. The van der Waals surface area contributed by atoms with E-state index < -0.39 is 21.7 Å². The van der Waals surface area contributed by atoms with Crippen LogP contribution in [0, 0.1) is 24.1 Å². The number of sulfonamides is 1. The van der Waals surface area contributed by atoms with Gasteiger partial charge in [0.2, 0.25) is 15.9 Å². The highest BCUT2D eigenvalue weighted by atomic mass is 32.2. The second-order valence-corrected chi connectivity index (χ2v) is 12.1. The molecule has 12 heteroatoms. The van der Waals surface area contributed by atoms with Crippen molar-refractivity contribution in [3.63, 3.8) is 0 Å². The fourth-order valence-corrected chi connectivity index (χ4v) is 5.75. The van der Waals surface area contributed by atoms with Gasteiger partial charge in [-0.05, 0) is 48.9 Å². The van der Waals surface area contributed by atoms with E-state index in [4.69, 9.17) is 5.26 Å². The molecule has 4 aromatic rings. The van der Waals surface area contributed by atoms with Gasteiger partial charge in [0.05, 0.1) is 28.8 Å². The Kier molecular flexibility index (Phi) is 8.99. The molecule has 0 N–H and O–H groups in total. The lowest BCUT2D eigenvalue weighted by Gasteiger charge is -2.22. The number of aromatic nitrogens is 3. The molecule has 0 unspecified atom stereocenters. The quantitative estimate of drug-likeness (QED) is 0.251. The van der Waals surface area contributed by atoms with Crippen LogP contribution in [0.4, 0.5) is 10.1 Å². The minimum atomic E-state index is -3.69. The summed E-state index contributed by atoms with van der Waals surface area (Å²) in [5, 5.41) is 18.1. The largest absolute Gasteiger partial charge is 0.308 e. The van der Waals surface area contributed by atoms with Gasteiger partial charge in [-0.2, -0.15) is 5.26 Å². The molecule has 1 amide bonds. The maximum absolute atomic E-state index is 14.5. The molecule has 0 saturated carbocycles. The van der Waals surface area contributed by atoms with E-state index in [1.807, 2.05) is 37.3 Å². The molecular weight excluding hydrogens is 551 g/mol. The van der Waals surface area contributed by atoms with Crippen molar-refractivity contribution in [2.45, 2.75) is 23.4 Å². The number of nitriles is 1. The highest BCUT2D eigenvalue weighted by Gasteiger charge is 2.23. The van der Waals surface area contributed by atoms with Crippen molar-refractivity contribution in [2.75, 3.05) is 31.3 Å². The number of para-hydroxylation sites is 1. The Hall–Kier alpha value is -4.05. The van der Waals surface area contributed by atoms with Crippen molar-refractivity contribution in [3.8, 4) is 23.1 Å². The molecule has 0 spiro atoms. The van der Waals surface area contributed by atoms with Crippen molar-refractivity contribution < 1.29 is 17.6 Å². The van der Waals surface area contributed by atoms with Gasteiger partial charge >= 0.3 is 0 Å². The van der Waals surface area contributed by atoms with E-state index in [0.717, 1.165) is 27.3 Å². The number of carbonyl (C=O) groups excluding carboxylic acids is 1. The van der Waals surface area contributed by atoms with Gasteiger partial charge in [0, 0.05) is 31.9 Å². The van der Waals surface area contributed by atoms with E-state index in [1.54, 1.807) is 22.8 Å². The van der Waals surface area contributed by atoms with Crippen LogP contribution < -0.4 is 4.90 Å². The van der Waals surface area contributed by atoms with E-state index >= 15 is 0 Å². The fourth-order valence-electron chi connectivity index (χ4n) is 3.97. The summed E-state index contributed by atoms with van der Waals surface area (Å²) in [7, 11) is -0.761. The molecule has 0 atom stereocenters. The van der Waals surface area contributed by atoms with Crippen LogP contribution in [0.1, 0.15) is 12.0 Å². The summed E-state index contributed by atoms with van der Waals surface area (Å²) in [6, 6.07) is 22.0. The summed E-state index contributed by atoms with van der Waals surface area (Å²) in [6.45, 7) is 1.98. The molecule has 1 heterocycles. The van der Waals surface area contributed by atoms with Gasteiger partial charge in [-0.1, -0.05) is 48.2 Å². The molecule has 206 valence electrons. The van der Waals surface area contributed by atoms with Gasteiger partial charge in [0.25, 0.3) is 0 Å². The molecule has 40 heavy (non-hydrogen) atoms. The Labute approximate surface area is 236 Å². The van der Waals surface area contributed by atoms with E-state index in [-0.39, 0.29) is 29.3 Å². The molecule has 0 radical (unpaired) electrons. The molecule has 1 aromatic heterocycles. The van der Waals surface area contributed by atoms with Crippen LogP contribution >= 0.6 is 11.8 Å². The minimum Gasteiger partial charge on any atom is -0.308 e. The van der Waals surface area contributed by atoms with Gasteiger partial charge in [-0.15, -0.1) is 10.2 Å². The zero-order valence-corrected chi connectivity index (χ0v) is 23.8. The van der Waals surface area contributed by atoms with Crippen molar-refractivity contribution in [1.82, 2.24) is 19.1 Å². The Balaban J connectivity index is 1.72. The molecule has 3 aromatic carbocycles. The minimum absolute atomic E-state index is 0.0415. The smallest absolute Gasteiger partial charge is 0.242 e. The monoisotopic (exact) mass is 578 g/mol. The van der Waals surface area contributed by atoms with Gasteiger partial charge in [0.1, 0.15) is 5.82 Å². The number of hydrogen-bond acceptors (Lipinski definition) is 7. The SMILES string of the molecule is Cc1cccc(-n2c(SCC(=O)N(CCC#N)c3ccccc3F)nnc2-c2cccc(S(=O)(=O)N(C)C)c2)c1. The summed E-state index contributed by atoms with van der Waals surface area (Å²) in [5.41, 5.74) is 2.34. The molecule has 0 fully saturated rings. The molecule has 0 saturated heterocycles. The van der Waals surface area contributed by atoms with E-state index in [1.165, 1.54) is 49.3 Å². The number of rotatable bonds is 10. The van der Waals surface area contributed by atoms with Crippen LogP contribution in [0.5, 0.6) is 0 Å². The van der Waals surface area contributed by atoms with Crippen LogP contribution in [0.3, 0.4) is 0 Å². The molecule has 0 aliphatic heterocycles. The second-order valence-electron chi connectivity index (χ2n) is 8.99. The Bertz CT molecular complexity index is 1680. The van der Waals surface area contributed by atoms with Crippen molar-refractivity contribution in [2.24, 2.45) is 0 Å². The Morgan fingerprint density at radius 2 is 1.80 bits per heavy atom. The number of hydrogen-bond donors (Lipinski definition) is 0. The van der Waals surface area contributed by atoms with Gasteiger partial charge in [-0.3, -0.25) is 9.36 Å². The number of carbonyl (C=O) groups is 1. The maximum Gasteiger partial charge on any atom is 0.242 e. The Morgan fingerprint density at radius 3 is 2.50 bits per heavy atom. The van der Waals surface area contributed by atoms with Crippen molar-refractivity contribution in [1.29, 1.82) is 5.26 Å². The summed E-state index contributed by atoms with van der Waals surface area (Å²) in [6.07, 6.45) is 0.0422. The van der Waals surface area contributed by atoms with Crippen LogP contribution in [0.15, 0.2) is 82.8 Å². The first kappa shape index (κ1) is 28.9. The molecule has 0 aliphatic rings. The molecule has 4 rings (SSSR count). The number of anilines is 1. The second kappa shape index (κ2) is 12.4. The third kappa shape index (κ3) is 6.22. The normalized spacial score (nSPS) is 11.4. The van der Waals surface area contributed by atoms with Crippen LogP contribution in [-0.2, 0) is 14.8 Å². The lowest BCUT2D eigenvalue weighted by Crippen LogP contribution is -2.34. The number of benzene rings is 3.